The summed E-state index contributed by atoms with van der Waals surface area (Å²) in [5.41, 5.74) is 0.867. The molecule has 0 aromatic heterocycles. The van der Waals surface area contributed by atoms with Crippen molar-refractivity contribution in [3.8, 4) is 6.07 Å². The molecule has 0 bridgehead atoms. The molecule has 1 saturated carbocycles. The lowest BCUT2D eigenvalue weighted by Gasteiger charge is -2.19. The van der Waals surface area contributed by atoms with E-state index in [1.54, 1.807) is 24.3 Å². The summed E-state index contributed by atoms with van der Waals surface area (Å²) in [4.78, 5) is 37.9. The molecule has 7 nitrogen and oxygen atoms in total. The maximum Gasteiger partial charge on any atom is 0.325 e. The van der Waals surface area contributed by atoms with E-state index in [0.29, 0.717) is 31.4 Å². The van der Waals surface area contributed by atoms with Gasteiger partial charge in [0.2, 0.25) is 5.91 Å². The van der Waals surface area contributed by atoms with Crippen molar-refractivity contribution >= 4 is 23.5 Å². The third-order valence-corrected chi connectivity index (χ3v) is 5.01. The van der Waals surface area contributed by atoms with Gasteiger partial charge < -0.3 is 10.6 Å². The molecule has 0 radical (unpaired) electrons. The molecule has 2 N–H and O–H groups in total. The van der Waals surface area contributed by atoms with Crippen molar-refractivity contribution in [3.05, 3.63) is 29.8 Å². The average Bonchev–Trinajstić information content (AvgIpc) is 3.17. The van der Waals surface area contributed by atoms with E-state index < -0.39 is 5.54 Å². The smallest absolute Gasteiger partial charge is 0.325 e. The Morgan fingerprint density at radius 1 is 1.23 bits per heavy atom. The maximum absolute atomic E-state index is 12.5. The SMILES string of the molecule is N#CCc1ccc(NC(=O)CCCN2C(=O)NC3(CCCC3)C2=O)cc1. The number of nitrogens with one attached hydrogen (secondary N) is 2. The molecule has 3 rings (SSSR count). The van der Waals surface area contributed by atoms with Crippen molar-refractivity contribution in [3.63, 3.8) is 0 Å². The minimum atomic E-state index is -0.690. The highest BCUT2D eigenvalue weighted by Crippen LogP contribution is 2.35. The van der Waals surface area contributed by atoms with Crippen LogP contribution in [-0.2, 0) is 16.0 Å². The zero-order chi connectivity index (χ0) is 18.6. The second kappa shape index (κ2) is 7.56. The Morgan fingerprint density at radius 2 is 1.92 bits per heavy atom. The van der Waals surface area contributed by atoms with Crippen LogP contribution < -0.4 is 10.6 Å². The number of nitrogens with zero attached hydrogens (tertiary/aromatic N) is 2. The topological polar surface area (TPSA) is 102 Å². The summed E-state index contributed by atoms with van der Waals surface area (Å²) in [5.74, 6) is -0.311. The summed E-state index contributed by atoms with van der Waals surface area (Å²) >= 11 is 0. The van der Waals surface area contributed by atoms with Gasteiger partial charge in [-0.3, -0.25) is 14.5 Å². The highest BCUT2D eigenvalue weighted by atomic mass is 16.2. The maximum atomic E-state index is 12.5. The monoisotopic (exact) mass is 354 g/mol. The van der Waals surface area contributed by atoms with E-state index in [0.717, 1.165) is 18.4 Å². The van der Waals surface area contributed by atoms with Gasteiger partial charge in [-0.2, -0.15) is 5.26 Å². The van der Waals surface area contributed by atoms with E-state index in [2.05, 4.69) is 16.7 Å². The lowest BCUT2D eigenvalue weighted by Crippen LogP contribution is -2.44. The number of carbonyl (C=O) groups is 3. The first-order chi connectivity index (χ1) is 12.5. The Hall–Kier alpha value is -2.88. The van der Waals surface area contributed by atoms with Crippen LogP contribution in [0.4, 0.5) is 10.5 Å². The molecule has 7 heteroatoms. The van der Waals surface area contributed by atoms with E-state index in [9.17, 15) is 14.4 Å². The minimum absolute atomic E-state index is 0.145. The summed E-state index contributed by atoms with van der Waals surface area (Å²) in [5, 5.41) is 14.3. The number of nitriles is 1. The summed E-state index contributed by atoms with van der Waals surface area (Å²) < 4.78 is 0. The van der Waals surface area contributed by atoms with Crippen LogP contribution in [0.15, 0.2) is 24.3 Å². The first-order valence-corrected chi connectivity index (χ1v) is 8.94. The molecule has 1 aromatic rings. The molecule has 2 fully saturated rings. The molecule has 2 aliphatic rings. The third kappa shape index (κ3) is 3.69. The van der Waals surface area contributed by atoms with E-state index in [1.165, 1.54) is 4.90 Å². The number of benzene rings is 1. The average molecular weight is 354 g/mol. The van der Waals surface area contributed by atoms with Crippen LogP contribution >= 0.6 is 0 Å². The zero-order valence-electron chi connectivity index (χ0n) is 14.6. The van der Waals surface area contributed by atoms with Gasteiger partial charge in [0, 0.05) is 18.7 Å². The van der Waals surface area contributed by atoms with Crippen LogP contribution in [0.2, 0.25) is 0 Å². The van der Waals surface area contributed by atoms with Gasteiger partial charge in [0.1, 0.15) is 5.54 Å². The van der Waals surface area contributed by atoms with Crippen molar-refractivity contribution in [2.45, 2.75) is 50.5 Å². The van der Waals surface area contributed by atoms with Crippen molar-refractivity contribution in [1.29, 1.82) is 5.26 Å². The first kappa shape index (κ1) is 17.9. The van der Waals surface area contributed by atoms with Gasteiger partial charge in [0.25, 0.3) is 5.91 Å². The second-order valence-corrected chi connectivity index (χ2v) is 6.86. The Morgan fingerprint density at radius 3 is 2.58 bits per heavy atom. The summed E-state index contributed by atoms with van der Waals surface area (Å²) in [6, 6.07) is 8.84. The molecule has 1 heterocycles. The predicted molar refractivity (Wildman–Crippen MR) is 95.1 cm³/mol. The van der Waals surface area contributed by atoms with Gasteiger partial charge >= 0.3 is 6.03 Å². The fraction of sp³-hybridized carbons (Fsp3) is 0.474. The number of rotatable bonds is 6. The van der Waals surface area contributed by atoms with Gasteiger partial charge in [-0.25, -0.2) is 4.79 Å². The molecule has 1 aliphatic heterocycles. The number of anilines is 1. The standard InChI is InChI=1S/C19H22N4O3/c20-12-9-14-5-7-15(8-6-14)21-16(24)4-3-13-23-17(25)19(22-18(23)26)10-1-2-11-19/h5-8H,1-4,9-11,13H2,(H,21,24)(H,22,26). The van der Waals surface area contributed by atoms with Gasteiger partial charge in [-0.15, -0.1) is 0 Å². The molecule has 26 heavy (non-hydrogen) atoms. The van der Waals surface area contributed by atoms with Crippen molar-refractivity contribution in [2.75, 3.05) is 11.9 Å². The summed E-state index contributed by atoms with van der Waals surface area (Å²) in [7, 11) is 0. The molecule has 1 aromatic carbocycles. The van der Waals surface area contributed by atoms with E-state index in [4.69, 9.17) is 5.26 Å². The Balaban J connectivity index is 1.46. The summed E-state index contributed by atoms with van der Waals surface area (Å²) in [6.45, 7) is 0.251. The fourth-order valence-corrected chi connectivity index (χ4v) is 3.62. The van der Waals surface area contributed by atoms with Crippen molar-refractivity contribution in [2.24, 2.45) is 0 Å². The van der Waals surface area contributed by atoms with Gasteiger partial charge in [-0.05, 0) is 37.0 Å². The zero-order valence-corrected chi connectivity index (χ0v) is 14.6. The number of urea groups is 1. The highest BCUT2D eigenvalue weighted by molar-refractivity contribution is 6.07. The van der Waals surface area contributed by atoms with Crippen LogP contribution in [0.1, 0.15) is 44.1 Å². The molecular formula is C19H22N4O3. The van der Waals surface area contributed by atoms with Gasteiger partial charge in [-0.1, -0.05) is 25.0 Å². The van der Waals surface area contributed by atoms with Crippen LogP contribution in [0, 0.1) is 11.3 Å². The van der Waals surface area contributed by atoms with Crippen LogP contribution in [0.25, 0.3) is 0 Å². The first-order valence-electron chi connectivity index (χ1n) is 8.94. The molecule has 1 spiro atoms. The molecule has 0 unspecified atom stereocenters. The molecule has 0 atom stereocenters. The van der Waals surface area contributed by atoms with Crippen LogP contribution in [-0.4, -0.2) is 34.8 Å². The number of carbonyl (C=O) groups excluding carboxylic acids is 3. The van der Waals surface area contributed by atoms with Crippen LogP contribution in [0.5, 0.6) is 0 Å². The molecule has 1 aliphatic carbocycles. The lowest BCUT2D eigenvalue weighted by molar-refractivity contribution is -0.131. The quantitative estimate of drug-likeness (QED) is 0.765. The highest BCUT2D eigenvalue weighted by Gasteiger charge is 2.51. The molecule has 1 saturated heterocycles. The van der Waals surface area contributed by atoms with Crippen molar-refractivity contribution < 1.29 is 14.4 Å². The van der Waals surface area contributed by atoms with E-state index in [-0.39, 0.29) is 30.8 Å². The molecular weight excluding hydrogens is 332 g/mol. The lowest BCUT2D eigenvalue weighted by atomic mass is 9.98. The summed E-state index contributed by atoms with van der Waals surface area (Å²) in [6.07, 6.45) is 4.30. The van der Waals surface area contributed by atoms with Gasteiger partial charge in [0.05, 0.1) is 12.5 Å². The Bertz CT molecular complexity index is 745. The van der Waals surface area contributed by atoms with Crippen molar-refractivity contribution in [1.82, 2.24) is 10.2 Å². The Labute approximate surface area is 152 Å². The number of hydrogen-bond donors (Lipinski definition) is 2. The normalized spacial score (nSPS) is 18.0. The molecule has 4 amide bonds. The second-order valence-electron chi connectivity index (χ2n) is 6.86. The molecule has 136 valence electrons. The Kier molecular flexibility index (Phi) is 5.21. The van der Waals surface area contributed by atoms with Crippen LogP contribution in [0.3, 0.4) is 0 Å². The fourth-order valence-electron chi connectivity index (χ4n) is 3.62. The number of hydrogen-bond acceptors (Lipinski definition) is 4. The van der Waals surface area contributed by atoms with Gasteiger partial charge in [0.15, 0.2) is 0 Å². The number of amides is 4. The number of imide groups is 1. The third-order valence-electron chi connectivity index (χ3n) is 5.01. The minimum Gasteiger partial charge on any atom is -0.326 e. The largest absolute Gasteiger partial charge is 0.326 e. The van der Waals surface area contributed by atoms with E-state index in [1.807, 2.05) is 0 Å². The predicted octanol–water partition coefficient (Wildman–Crippen LogP) is 2.34. The van der Waals surface area contributed by atoms with E-state index >= 15 is 0 Å².